The smallest absolute Gasteiger partial charge is 0.252 e. The van der Waals surface area contributed by atoms with Gasteiger partial charge in [0.15, 0.2) is 0 Å². The first kappa shape index (κ1) is 19.9. The lowest BCUT2D eigenvalue weighted by molar-refractivity contribution is -0.139. The van der Waals surface area contributed by atoms with Crippen LogP contribution in [0.25, 0.3) is 0 Å². The van der Waals surface area contributed by atoms with Crippen LogP contribution in [-0.4, -0.2) is 49.7 Å². The second kappa shape index (κ2) is 8.13. The van der Waals surface area contributed by atoms with E-state index in [-0.39, 0.29) is 11.8 Å². The molecular weight excluding hydrogens is 448 g/mol. The summed E-state index contributed by atoms with van der Waals surface area (Å²) in [6.45, 7) is 2.55. The summed E-state index contributed by atoms with van der Waals surface area (Å²) in [5.74, 6) is 1.43. The van der Waals surface area contributed by atoms with Crippen LogP contribution in [0.4, 0.5) is 0 Å². The predicted octanol–water partition coefficient (Wildman–Crippen LogP) is 3.95. The molecule has 1 amide bonds. The number of piperidine rings is 2. The van der Waals surface area contributed by atoms with Gasteiger partial charge in [-0.15, -0.1) is 11.3 Å². The average molecular weight is 475 g/mol. The standard InChI is InChI=1S/C19H27BrN2O3S2/c20-17-7-8-18(26-17)27(24,25)22-10-3-6-16(13-22)19(23)21-11-9-14-4-1-2-5-15(14)12-21/h7-8,14-16H,1-6,9-13H2. The van der Waals surface area contributed by atoms with Crippen molar-refractivity contribution in [3.05, 3.63) is 15.9 Å². The Morgan fingerprint density at radius 3 is 2.52 bits per heavy atom. The van der Waals surface area contributed by atoms with Crippen molar-refractivity contribution < 1.29 is 13.2 Å². The lowest BCUT2D eigenvalue weighted by Crippen LogP contribution is -2.50. The van der Waals surface area contributed by atoms with Crippen LogP contribution in [0.5, 0.6) is 0 Å². The minimum Gasteiger partial charge on any atom is -0.342 e. The molecule has 0 bridgehead atoms. The van der Waals surface area contributed by atoms with Crippen molar-refractivity contribution in [2.75, 3.05) is 26.2 Å². The molecule has 8 heteroatoms. The molecule has 150 valence electrons. The summed E-state index contributed by atoms with van der Waals surface area (Å²) in [5, 5.41) is 0. The fourth-order valence-corrected chi connectivity index (χ4v) is 8.67. The number of carbonyl (C=O) groups excluding carboxylic acids is 1. The number of sulfonamides is 1. The van der Waals surface area contributed by atoms with E-state index >= 15 is 0 Å². The van der Waals surface area contributed by atoms with E-state index in [1.54, 1.807) is 12.1 Å². The van der Waals surface area contributed by atoms with Gasteiger partial charge in [-0.3, -0.25) is 4.79 Å². The molecule has 2 aliphatic heterocycles. The Labute approximate surface area is 174 Å². The largest absolute Gasteiger partial charge is 0.342 e. The maximum absolute atomic E-state index is 13.1. The van der Waals surface area contributed by atoms with Gasteiger partial charge in [0.25, 0.3) is 10.0 Å². The summed E-state index contributed by atoms with van der Waals surface area (Å²) in [6.07, 6.45) is 7.85. The summed E-state index contributed by atoms with van der Waals surface area (Å²) in [5.41, 5.74) is 0. The number of nitrogens with zero attached hydrogens (tertiary/aromatic N) is 2. The first-order valence-corrected chi connectivity index (χ1v) is 13.0. The molecule has 0 spiro atoms. The second-order valence-electron chi connectivity index (χ2n) is 8.14. The van der Waals surface area contributed by atoms with E-state index in [1.165, 1.54) is 41.3 Å². The number of hydrogen-bond donors (Lipinski definition) is 0. The van der Waals surface area contributed by atoms with E-state index in [4.69, 9.17) is 0 Å². The minimum atomic E-state index is -3.51. The number of rotatable bonds is 3. The average Bonchev–Trinajstić information content (AvgIpc) is 3.14. The van der Waals surface area contributed by atoms with Gasteiger partial charge in [0.1, 0.15) is 4.21 Å². The maximum Gasteiger partial charge on any atom is 0.252 e. The van der Waals surface area contributed by atoms with Gasteiger partial charge >= 0.3 is 0 Å². The van der Waals surface area contributed by atoms with Gasteiger partial charge in [0, 0.05) is 26.2 Å². The highest BCUT2D eigenvalue weighted by Crippen LogP contribution is 2.37. The normalized spacial score (nSPS) is 30.1. The molecule has 27 heavy (non-hydrogen) atoms. The molecule has 0 aromatic carbocycles. The van der Waals surface area contributed by atoms with Gasteiger partial charge in [-0.25, -0.2) is 8.42 Å². The highest BCUT2D eigenvalue weighted by Gasteiger charge is 2.38. The lowest BCUT2D eigenvalue weighted by atomic mass is 9.75. The summed E-state index contributed by atoms with van der Waals surface area (Å²) in [7, 11) is -3.51. The first-order valence-electron chi connectivity index (χ1n) is 9.99. The molecule has 3 unspecified atom stereocenters. The number of thiophene rings is 1. The third kappa shape index (κ3) is 4.14. The second-order valence-corrected chi connectivity index (χ2v) is 12.8. The zero-order valence-corrected chi connectivity index (χ0v) is 18.7. The first-order chi connectivity index (χ1) is 12.9. The molecule has 5 nitrogen and oxygen atoms in total. The Morgan fingerprint density at radius 2 is 1.78 bits per heavy atom. The van der Waals surface area contributed by atoms with E-state index < -0.39 is 10.0 Å². The molecule has 4 rings (SSSR count). The monoisotopic (exact) mass is 474 g/mol. The number of halogens is 1. The van der Waals surface area contributed by atoms with E-state index in [1.807, 2.05) is 4.90 Å². The van der Waals surface area contributed by atoms with Gasteiger partial charge in [0.2, 0.25) is 5.91 Å². The van der Waals surface area contributed by atoms with E-state index in [2.05, 4.69) is 15.9 Å². The Hall–Kier alpha value is -0.440. The summed E-state index contributed by atoms with van der Waals surface area (Å²) in [4.78, 5) is 15.2. The van der Waals surface area contributed by atoms with Gasteiger partial charge in [-0.1, -0.05) is 19.3 Å². The van der Waals surface area contributed by atoms with Gasteiger partial charge in [-0.2, -0.15) is 4.31 Å². The van der Waals surface area contributed by atoms with Crippen LogP contribution in [-0.2, 0) is 14.8 Å². The Balaban J connectivity index is 1.42. The Kier molecular flexibility index (Phi) is 5.98. The molecule has 2 saturated heterocycles. The molecule has 3 fully saturated rings. The van der Waals surface area contributed by atoms with Gasteiger partial charge in [-0.05, 0) is 65.6 Å². The predicted molar refractivity (Wildman–Crippen MR) is 110 cm³/mol. The number of amides is 1. The third-order valence-corrected chi connectivity index (χ3v) is 10.4. The molecule has 1 aromatic rings. The molecule has 0 N–H and O–H groups in total. The van der Waals surface area contributed by atoms with Crippen molar-refractivity contribution in [1.82, 2.24) is 9.21 Å². The van der Waals surface area contributed by atoms with Crippen LogP contribution in [0.15, 0.2) is 20.1 Å². The highest BCUT2D eigenvalue weighted by molar-refractivity contribution is 9.11. The third-order valence-electron chi connectivity index (χ3n) is 6.48. The molecular formula is C19H27BrN2O3S2. The quantitative estimate of drug-likeness (QED) is 0.665. The van der Waals surface area contributed by atoms with Crippen molar-refractivity contribution >= 4 is 43.2 Å². The molecule has 1 saturated carbocycles. The lowest BCUT2D eigenvalue weighted by Gasteiger charge is -2.43. The van der Waals surface area contributed by atoms with Crippen molar-refractivity contribution in [1.29, 1.82) is 0 Å². The molecule has 3 heterocycles. The number of carbonyl (C=O) groups is 1. The number of likely N-dealkylation sites (tertiary alicyclic amines) is 1. The maximum atomic E-state index is 13.1. The summed E-state index contributed by atoms with van der Waals surface area (Å²) < 4.78 is 28.5. The van der Waals surface area contributed by atoms with Gasteiger partial charge < -0.3 is 4.90 Å². The topological polar surface area (TPSA) is 57.7 Å². The Morgan fingerprint density at radius 1 is 1.00 bits per heavy atom. The molecule has 3 aliphatic rings. The van der Waals surface area contributed by atoms with Crippen LogP contribution in [0, 0.1) is 17.8 Å². The fraction of sp³-hybridized carbons (Fsp3) is 0.737. The minimum absolute atomic E-state index is 0.172. The van der Waals surface area contributed by atoms with Crippen molar-refractivity contribution in [3.63, 3.8) is 0 Å². The van der Waals surface area contributed by atoms with Crippen LogP contribution in [0.1, 0.15) is 44.9 Å². The Bertz CT molecular complexity index is 795. The zero-order chi connectivity index (χ0) is 19.0. The molecule has 1 aromatic heterocycles. The van der Waals surface area contributed by atoms with Crippen LogP contribution >= 0.6 is 27.3 Å². The van der Waals surface area contributed by atoms with E-state index in [0.717, 1.165) is 42.1 Å². The van der Waals surface area contributed by atoms with Crippen molar-refractivity contribution in [2.45, 2.75) is 49.2 Å². The van der Waals surface area contributed by atoms with E-state index in [9.17, 15) is 13.2 Å². The van der Waals surface area contributed by atoms with Crippen LogP contribution < -0.4 is 0 Å². The fourth-order valence-electron chi connectivity index (χ4n) is 4.99. The van der Waals surface area contributed by atoms with Crippen molar-refractivity contribution in [2.24, 2.45) is 17.8 Å². The number of fused-ring (bicyclic) bond motifs is 1. The SMILES string of the molecule is O=C(C1CCCN(S(=O)(=O)c2ccc(Br)s2)C1)N1CCC2CCCCC2C1. The van der Waals surface area contributed by atoms with Crippen LogP contribution in [0.2, 0.25) is 0 Å². The summed E-state index contributed by atoms with van der Waals surface area (Å²) in [6, 6.07) is 3.40. The number of hydrogen-bond acceptors (Lipinski definition) is 4. The highest BCUT2D eigenvalue weighted by atomic mass is 79.9. The van der Waals surface area contributed by atoms with Crippen molar-refractivity contribution in [3.8, 4) is 0 Å². The molecule has 0 radical (unpaired) electrons. The molecule has 1 aliphatic carbocycles. The van der Waals surface area contributed by atoms with Crippen LogP contribution in [0.3, 0.4) is 0 Å². The van der Waals surface area contributed by atoms with E-state index in [0.29, 0.717) is 23.2 Å². The zero-order valence-electron chi connectivity index (χ0n) is 15.5. The van der Waals surface area contributed by atoms with Gasteiger partial charge in [0.05, 0.1) is 9.70 Å². The molecule has 3 atom stereocenters. The summed E-state index contributed by atoms with van der Waals surface area (Å²) >= 11 is 4.57.